The van der Waals surface area contributed by atoms with E-state index < -0.39 is 0 Å². The van der Waals surface area contributed by atoms with Gasteiger partial charge < -0.3 is 15.5 Å². The number of amides is 2. The zero-order valence-electron chi connectivity index (χ0n) is 19.1. The van der Waals surface area contributed by atoms with Crippen LogP contribution in [0.4, 0.5) is 0 Å². The van der Waals surface area contributed by atoms with Gasteiger partial charge in [0.25, 0.3) is 5.91 Å². The number of allylic oxidation sites excluding steroid dienone is 2. The summed E-state index contributed by atoms with van der Waals surface area (Å²) in [6.07, 6.45) is 16.6. The Morgan fingerprint density at radius 1 is 1.28 bits per heavy atom. The average Bonchev–Trinajstić information content (AvgIpc) is 3.28. The van der Waals surface area contributed by atoms with Crippen molar-refractivity contribution in [2.24, 2.45) is 22.7 Å². The fourth-order valence-corrected chi connectivity index (χ4v) is 7.06. The standard InChI is InChI=1S/C24H36N4O2S2/c1-31-23-19(6-4-11-27-23)24(30)28-13-8-17(9-14-28)5-2-3-10-26-22(29)20-15-18-7-12-25-16-21(18)32-20/h12,15-19,23,27H,2-11,13-14H2,1H3,(H,26,29). The fraction of sp³-hybridized carbons (Fsp3) is 0.708. The van der Waals surface area contributed by atoms with Crippen molar-refractivity contribution in [1.29, 1.82) is 0 Å². The molecule has 176 valence electrons. The number of hydrogen-bond acceptors (Lipinski definition) is 6. The van der Waals surface area contributed by atoms with Gasteiger partial charge in [-0.05, 0) is 57.2 Å². The number of aliphatic imine (C=N–C) groups is 1. The third kappa shape index (κ3) is 6.00. The Morgan fingerprint density at radius 2 is 2.12 bits per heavy atom. The molecule has 0 aliphatic carbocycles. The maximum atomic E-state index is 13.0. The second kappa shape index (κ2) is 11.7. The van der Waals surface area contributed by atoms with Crippen LogP contribution in [-0.2, 0) is 9.59 Å². The lowest BCUT2D eigenvalue weighted by molar-refractivity contribution is -0.137. The maximum absolute atomic E-state index is 13.0. The summed E-state index contributed by atoms with van der Waals surface area (Å²) in [7, 11) is 0. The molecule has 0 radical (unpaired) electrons. The molecule has 3 unspecified atom stereocenters. The molecule has 32 heavy (non-hydrogen) atoms. The minimum atomic E-state index is 0.0536. The molecule has 2 fully saturated rings. The minimum absolute atomic E-state index is 0.0536. The van der Waals surface area contributed by atoms with Gasteiger partial charge in [-0.25, -0.2) is 0 Å². The number of nitrogens with zero attached hydrogens (tertiary/aromatic N) is 2. The molecule has 4 aliphatic heterocycles. The van der Waals surface area contributed by atoms with Crippen LogP contribution in [0.15, 0.2) is 27.1 Å². The summed E-state index contributed by atoms with van der Waals surface area (Å²) >= 11 is 3.34. The van der Waals surface area contributed by atoms with Crippen molar-refractivity contribution in [3.8, 4) is 0 Å². The van der Waals surface area contributed by atoms with E-state index in [-0.39, 0.29) is 17.2 Å². The normalized spacial score (nSPS) is 28.2. The van der Waals surface area contributed by atoms with Gasteiger partial charge in [-0.15, -0.1) is 11.8 Å². The first-order valence-corrected chi connectivity index (χ1v) is 14.2. The number of likely N-dealkylation sites (tertiary alicyclic amines) is 1. The molecule has 0 aromatic rings. The van der Waals surface area contributed by atoms with Crippen molar-refractivity contribution < 1.29 is 9.59 Å². The Morgan fingerprint density at radius 3 is 2.91 bits per heavy atom. The van der Waals surface area contributed by atoms with Gasteiger partial charge in [-0.3, -0.25) is 14.6 Å². The Kier molecular flexibility index (Phi) is 8.77. The molecule has 4 heterocycles. The smallest absolute Gasteiger partial charge is 0.257 e. The van der Waals surface area contributed by atoms with Crippen molar-refractivity contribution in [3.63, 3.8) is 0 Å². The number of carbonyl (C=O) groups excluding carboxylic acids is 2. The van der Waals surface area contributed by atoms with Crippen LogP contribution in [-0.4, -0.2) is 60.7 Å². The van der Waals surface area contributed by atoms with Crippen LogP contribution >= 0.6 is 23.5 Å². The number of rotatable bonds is 8. The molecule has 6 nitrogen and oxygen atoms in total. The van der Waals surface area contributed by atoms with E-state index in [4.69, 9.17) is 0 Å². The topological polar surface area (TPSA) is 73.8 Å². The van der Waals surface area contributed by atoms with Gasteiger partial charge >= 0.3 is 0 Å². The molecular formula is C24H36N4O2S2. The highest BCUT2D eigenvalue weighted by molar-refractivity contribution is 8.07. The molecule has 2 amide bonds. The average molecular weight is 477 g/mol. The molecule has 4 rings (SSSR count). The monoisotopic (exact) mass is 476 g/mol. The zero-order valence-corrected chi connectivity index (χ0v) is 20.7. The Hall–Kier alpha value is -1.25. The summed E-state index contributed by atoms with van der Waals surface area (Å²) in [5.74, 6) is 1.60. The predicted molar refractivity (Wildman–Crippen MR) is 135 cm³/mol. The first kappa shape index (κ1) is 23.9. The van der Waals surface area contributed by atoms with Crippen LogP contribution in [0, 0.1) is 17.8 Å². The van der Waals surface area contributed by atoms with Crippen LogP contribution in [0.25, 0.3) is 0 Å². The van der Waals surface area contributed by atoms with E-state index in [9.17, 15) is 9.59 Å². The Bertz CT molecular complexity index is 774. The minimum Gasteiger partial charge on any atom is -0.352 e. The summed E-state index contributed by atoms with van der Waals surface area (Å²) in [5.41, 5.74) is 0. The van der Waals surface area contributed by atoms with Gasteiger partial charge in [0.05, 0.1) is 16.2 Å². The third-order valence-corrected chi connectivity index (χ3v) is 9.25. The molecular weight excluding hydrogens is 440 g/mol. The van der Waals surface area contributed by atoms with Gasteiger partial charge in [-0.1, -0.05) is 30.7 Å². The highest BCUT2D eigenvalue weighted by atomic mass is 32.2. The Balaban J connectivity index is 1.09. The van der Waals surface area contributed by atoms with Crippen molar-refractivity contribution in [1.82, 2.24) is 15.5 Å². The van der Waals surface area contributed by atoms with Crippen LogP contribution in [0.3, 0.4) is 0 Å². The lowest BCUT2D eigenvalue weighted by Crippen LogP contribution is -2.49. The van der Waals surface area contributed by atoms with E-state index in [1.165, 1.54) is 11.3 Å². The fourth-order valence-electron chi connectivity index (χ4n) is 5.11. The molecule has 0 spiro atoms. The summed E-state index contributed by atoms with van der Waals surface area (Å²) in [6.45, 7) is 3.58. The molecule has 4 aliphatic rings. The molecule has 0 aromatic heterocycles. The number of thioether (sulfide) groups is 2. The molecule has 2 saturated heterocycles. The molecule has 2 N–H and O–H groups in total. The summed E-state index contributed by atoms with van der Waals surface area (Å²) in [5, 5.41) is 6.86. The SMILES string of the molecule is CSC1NCCCC1C(=O)N1CCC(CCCCNC(=O)C2=CC3CC=NC=C3S2)CC1. The third-order valence-electron chi connectivity index (χ3n) is 7.06. The van der Waals surface area contributed by atoms with Crippen molar-refractivity contribution in [2.45, 2.75) is 56.7 Å². The van der Waals surface area contributed by atoms with Crippen LogP contribution in [0.1, 0.15) is 51.4 Å². The molecule has 3 atom stereocenters. The van der Waals surface area contributed by atoms with E-state index in [2.05, 4.69) is 32.9 Å². The number of nitrogens with one attached hydrogen (secondary N) is 2. The van der Waals surface area contributed by atoms with Crippen molar-refractivity contribution in [3.05, 3.63) is 22.1 Å². The molecule has 0 aromatic carbocycles. The van der Waals surface area contributed by atoms with Crippen LogP contribution < -0.4 is 10.6 Å². The number of unbranched alkanes of at least 4 members (excludes halogenated alkanes) is 1. The number of piperidine rings is 2. The van der Waals surface area contributed by atoms with Gasteiger partial charge in [0.2, 0.25) is 5.91 Å². The van der Waals surface area contributed by atoms with Gasteiger partial charge in [-0.2, -0.15) is 0 Å². The van der Waals surface area contributed by atoms with Crippen molar-refractivity contribution >= 4 is 41.6 Å². The van der Waals surface area contributed by atoms with E-state index in [1.54, 1.807) is 23.5 Å². The van der Waals surface area contributed by atoms with Gasteiger partial charge in [0.15, 0.2) is 0 Å². The lowest BCUT2D eigenvalue weighted by Gasteiger charge is -2.38. The second-order valence-electron chi connectivity index (χ2n) is 9.22. The van der Waals surface area contributed by atoms with Gasteiger partial charge in [0.1, 0.15) is 0 Å². The number of hydrogen-bond donors (Lipinski definition) is 2. The van der Waals surface area contributed by atoms with Crippen LogP contribution in [0.2, 0.25) is 0 Å². The first-order valence-electron chi connectivity index (χ1n) is 12.1. The van der Waals surface area contributed by atoms with E-state index in [0.717, 1.165) is 76.0 Å². The summed E-state index contributed by atoms with van der Waals surface area (Å²) in [4.78, 5) is 33.7. The van der Waals surface area contributed by atoms with E-state index in [0.29, 0.717) is 17.7 Å². The predicted octanol–water partition coefficient (Wildman–Crippen LogP) is 3.76. The quantitative estimate of drug-likeness (QED) is 0.522. The number of fused-ring (bicyclic) bond motifs is 1. The summed E-state index contributed by atoms with van der Waals surface area (Å²) < 4.78 is 0. The Labute approximate surface area is 200 Å². The highest BCUT2D eigenvalue weighted by Crippen LogP contribution is 2.42. The highest BCUT2D eigenvalue weighted by Gasteiger charge is 2.34. The molecule has 8 heteroatoms. The molecule has 0 saturated carbocycles. The van der Waals surface area contributed by atoms with Crippen LogP contribution in [0.5, 0.6) is 0 Å². The van der Waals surface area contributed by atoms with Crippen molar-refractivity contribution in [2.75, 3.05) is 32.4 Å². The van der Waals surface area contributed by atoms with E-state index in [1.807, 2.05) is 12.4 Å². The number of carbonyl (C=O) groups is 2. The zero-order chi connectivity index (χ0) is 22.3. The maximum Gasteiger partial charge on any atom is 0.257 e. The second-order valence-corrected chi connectivity index (χ2v) is 11.3. The lowest BCUT2D eigenvalue weighted by atomic mass is 9.90. The first-order chi connectivity index (χ1) is 15.7. The summed E-state index contributed by atoms with van der Waals surface area (Å²) in [6, 6.07) is 0. The van der Waals surface area contributed by atoms with E-state index >= 15 is 0 Å². The molecule has 0 bridgehead atoms. The largest absolute Gasteiger partial charge is 0.352 e. The van der Waals surface area contributed by atoms with Gasteiger partial charge in [0, 0.05) is 42.9 Å².